The number of rotatable bonds is 4. The number of ether oxygens (including phenoxy) is 2. The van der Waals surface area contributed by atoms with Crippen LogP contribution in [-0.4, -0.2) is 11.6 Å². The fraction of sp³-hybridized carbons (Fsp3) is 0.154. The Labute approximate surface area is 100 Å². The van der Waals surface area contributed by atoms with Gasteiger partial charge in [0.2, 0.25) is 5.88 Å². The summed E-state index contributed by atoms with van der Waals surface area (Å²) in [7, 11) is 0. The van der Waals surface area contributed by atoms with Crippen molar-refractivity contribution in [3.8, 4) is 17.4 Å². The zero-order valence-corrected chi connectivity index (χ0v) is 9.59. The Balaban J connectivity index is 2.23. The van der Waals surface area contributed by atoms with Gasteiger partial charge in [-0.1, -0.05) is 18.2 Å². The van der Waals surface area contributed by atoms with Gasteiger partial charge in [0, 0.05) is 6.07 Å². The number of hydrogen-bond donors (Lipinski definition) is 1. The van der Waals surface area contributed by atoms with E-state index in [0.717, 1.165) is 0 Å². The van der Waals surface area contributed by atoms with Gasteiger partial charge in [-0.3, -0.25) is 0 Å². The number of aromatic nitrogens is 1. The first-order chi connectivity index (χ1) is 8.29. The van der Waals surface area contributed by atoms with Crippen LogP contribution < -0.4 is 15.2 Å². The van der Waals surface area contributed by atoms with Crippen LogP contribution in [-0.2, 0) is 0 Å². The van der Waals surface area contributed by atoms with Gasteiger partial charge in [-0.15, -0.1) is 0 Å². The van der Waals surface area contributed by atoms with E-state index in [-0.39, 0.29) is 0 Å². The lowest BCUT2D eigenvalue weighted by molar-refractivity contribution is 0.319. The topological polar surface area (TPSA) is 57.4 Å². The van der Waals surface area contributed by atoms with Crippen molar-refractivity contribution in [2.75, 3.05) is 12.3 Å². The number of nitrogens with two attached hydrogens (primary N) is 1. The summed E-state index contributed by atoms with van der Waals surface area (Å²) in [5, 5.41) is 0. The van der Waals surface area contributed by atoms with Crippen LogP contribution in [0.15, 0.2) is 42.5 Å². The fourth-order valence-corrected chi connectivity index (χ4v) is 1.41. The first kappa shape index (κ1) is 11.3. The van der Waals surface area contributed by atoms with Crippen molar-refractivity contribution < 1.29 is 9.47 Å². The van der Waals surface area contributed by atoms with E-state index in [1.165, 1.54) is 0 Å². The third-order valence-electron chi connectivity index (χ3n) is 2.11. The van der Waals surface area contributed by atoms with Crippen LogP contribution in [0.4, 0.5) is 5.82 Å². The van der Waals surface area contributed by atoms with Crippen LogP contribution in [0.25, 0.3) is 0 Å². The Morgan fingerprint density at radius 3 is 2.53 bits per heavy atom. The zero-order valence-electron chi connectivity index (χ0n) is 9.59. The molecule has 0 amide bonds. The number of hydrogen-bond acceptors (Lipinski definition) is 4. The molecule has 4 heteroatoms. The average Bonchev–Trinajstić information content (AvgIpc) is 2.32. The second-order valence-corrected chi connectivity index (χ2v) is 3.38. The lowest BCUT2D eigenvalue weighted by atomic mass is 10.3. The molecule has 0 bridgehead atoms. The highest BCUT2D eigenvalue weighted by atomic mass is 16.5. The van der Waals surface area contributed by atoms with Crippen LogP contribution in [0, 0.1) is 0 Å². The van der Waals surface area contributed by atoms with Gasteiger partial charge in [-0.25, -0.2) is 0 Å². The highest BCUT2D eigenvalue weighted by Crippen LogP contribution is 2.30. The molecule has 0 aliphatic heterocycles. The van der Waals surface area contributed by atoms with Crippen molar-refractivity contribution in [2.45, 2.75) is 6.92 Å². The van der Waals surface area contributed by atoms with E-state index < -0.39 is 0 Å². The zero-order chi connectivity index (χ0) is 12.1. The van der Waals surface area contributed by atoms with Gasteiger partial charge < -0.3 is 15.2 Å². The van der Waals surface area contributed by atoms with Crippen LogP contribution in [0.2, 0.25) is 0 Å². The predicted octanol–water partition coefficient (Wildman–Crippen LogP) is 2.85. The van der Waals surface area contributed by atoms with Crippen LogP contribution >= 0.6 is 0 Å². The minimum Gasteiger partial charge on any atom is -0.490 e. The Morgan fingerprint density at radius 2 is 1.82 bits per heavy atom. The first-order valence-electron chi connectivity index (χ1n) is 5.42. The number of para-hydroxylation sites is 2. The summed E-state index contributed by atoms with van der Waals surface area (Å²) in [6.45, 7) is 2.51. The molecule has 0 saturated carbocycles. The first-order valence-corrected chi connectivity index (χ1v) is 5.42. The summed E-state index contributed by atoms with van der Waals surface area (Å²) < 4.78 is 11.1. The van der Waals surface area contributed by atoms with Gasteiger partial charge >= 0.3 is 0 Å². The van der Waals surface area contributed by atoms with Crippen molar-refractivity contribution in [2.24, 2.45) is 0 Å². The van der Waals surface area contributed by atoms with Crippen molar-refractivity contribution >= 4 is 5.82 Å². The van der Waals surface area contributed by atoms with Crippen LogP contribution in [0.5, 0.6) is 17.4 Å². The second kappa shape index (κ2) is 5.21. The van der Waals surface area contributed by atoms with Crippen LogP contribution in [0.3, 0.4) is 0 Å². The summed E-state index contributed by atoms with van der Waals surface area (Å²) in [4.78, 5) is 4.07. The maximum atomic E-state index is 5.63. The molecule has 4 nitrogen and oxygen atoms in total. The molecule has 1 aromatic heterocycles. The third kappa shape index (κ3) is 2.87. The van der Waals surface area contributed by atoms with Gasteiger partial charge in [-0.05, 0) is 25.1 Å². The molecule has 1 aromatic carbocycles. The molecule has 2 aromatic rings. The molecule has 0 fully saturated rings. The monoisotopic (exact) mass is 230 g/mol. The molecule has 2 N–H and O–H groups in total. The molecule has 0 aliphatic rings. The van der Waals surface area contributed by atoms with E-state index in [2.05, 4.69) is 4.98 Å². The summed E-state index contributed by atoms with van der Waals surface area (Å²) in [5.41, 5.74) is 5.59. The Kier molecular flexibility index (Phi) is 3.45. The minimum absolute atomic E-state index is 0.427. The molecule has 1 heterocycles. The molecule has 0 unspecified atom stereocenters. The van der Waals surface area contributed by atoms with E-state index in [0.29, 0.717) is 29.8 Å². The lowest BCUT2D eigenvalue weighted by Crippen LogP contribution is -1.96. The number of benzene rings is 1. The maximum absolute atomic E-state index is 5.63. The van der Waals surface area contributed by atoms with Gasteiger partial charge in [-0.2, -0.15) is 4.98 Å². The quantitative estimate of drug-likeness (QED) is 0.877. The highest BCUT2D eigenvalue weighted by molar-refractivity contribution is 5.42. The Hall–Kier alpha value is -2.23. The average molecular weight is 230 g/mol. The van der Waals surface area contributed by atoms with Gasteiger partial charge in [0.1, 0.15) is 5.82 Å². The molecule has 0 saturated heterocycles. The summed E-state index contributed by atoms with van der Waals surface area (Å²) in [6.07, 6.45) is 0. The standard InChI is InChI=1S/C13H14N2O2/c1-2-16-10-6-3-4-7-11(10)17-13-9-5-8-12(14)15-13/h3-9H,2H2,1H3,(H2,14,15). The molecule has 17 heavy (non-hydrogen) atoms. The van der Waals surface area contributed by atoms with E-state index >= 15 is 0 Å². The largest absolute Gasteiger partial charge is 0.490 e. The van der Waals surface area contributed by atoms with E-state index in [1.807, 2.05) is 31.2 Å². The summed E-state index contributed by atoms with van der Waals surface area (Å²) in [5.74, 6) is 2.21. The second-order valence-electron chi connectivity index (χ2n) is 3.38. The molecule has 0 radical (unpaired) electrons. The van der Waals surface area contributed by atoms with Crippen molar-refractivity contribution in [1.82, 2.24) is 4.98 Å². The minimum atomic E-state index is 0.427. The molecular weight excluding hydrogens is 216 g/mol. The van der Waals surface area contributed by atoms with E-state index in [4.69, 9.17) is 15.2 Å². The number of anilines is 1. The lowest BCUT2D eigenvalue weighted by Gasteiger charge is -2.10. The molecule has 0 spiro atoms. The molecule has 0 atom stereocenters. The number of nitrogens with zero attached hydrogens (tertiary/aromatic N) is 1. The van der Waals surface area contributed by atoms with Gasteiger partial charge in [0.15, 0.2) is 11.5 Å². The van der Waals surface area contributed by atoms with Gasteiger partial charge in [0.05, 0.1) is 6.61 Å². The molecular formula is C13H14N2O2. The molecule has 88 valence electrons. The van der Waals surface area contributed by atoms with Crippen molar-refractivity contribution in [3.05, 3.63) is 42.5 Å². The maximum Gasteiger partial charge on any atom is 0.221 e. The van der Waals surface area contributed by atoms with E-state index in [9.17, 15) is 0 Å². The fourth-order valence-electron chi connectivity index (χ4n) is 1.41. The normalized spacial score (nSPS) is 9.94. The van der Waals surface area contributed by atoms with E-state index in [1.54, 1.807) is 18.2 Å². The van der Waals surface area contributed by atoms with Crippen molar-refractivity contribution in [3.63, 3.8) is 0 Å². The molecule has 2 rings (SSSR count). The molecule has 0 aliphatic carbocycles. The van der Waals surface area contributed by atoms with Gasteiger partial charge in [0.25, 0.3) is 0 Å². The third-order valence-corrected chi connectivity index (χ3v) is 2.11. The predicted molar refractivity (Wildman–Crippen MR) is 66.3 cm³/mol. The SMILES string of the molecule is CCOc1ccccc1Oc1cccc(N)n1. The Morgan fingerprint density at radius 1 is 1.06 bits per heavy atom. The Bertz CT molecular complexity index is 500. The number of pyridine rings is 1. The summed E-state index contributed by atoms with van der Waals surface area (Å²) in [6, 6.07) is 12.7. The van der Waals surface area contributed by atoms with Crippen molar-refractivity contribution in [1.29, 1.82) is 0 Å². The number of nitrogen functional groups attached to an aromatic ring is 1. The van der Waals surface area contributed by atoms with Crippen LogP contribution in [0.1, 0.15) is 6.92 Å². The summed E-state index contributed by atoms with van der Waals surface area (Å²) >= 11 is 0. The highest BCUT2D eigenvalue weighted by Gasteiger charge is 2.05. The smallest absolute Gasteiger partial charge is 0.221 e.